The number of nitrogens with two attached hydrogens (primary N) is 1. The van der Waals surface area contributed by atoms with E-state index in [9.17, 15) is 5.11 Å². The highest BCUT2D eigenvalue weighted by atomic mass is 16.5. The molecule has 1 fully saturated rings. The molecular weight excluding hydrogens is 280 g/mol. The number of piperazine rings is 1. The Hall–Kier alpha value is -1.50. The van der Waals surface area contributed by atoms with E-state index in [1.807, 2.05) is 0 Å². The second kappa shape index (κ2) is 8.82. The first-order valence-electron chi connectivity index (χ1n) is 7.96. The lowest BCUT2D eigenvalue weighted by molar-refractivity contribution is 0.111. The highest BCUT2D eigenvalue weighted by Crippen LogP contribution is 2.23. The van der Waals surface area contributed by atoms with E-state index in [4.69, 9.17) is 10.5 Å². The normalized spacial score (nSPS) is 16.8. The average molecular weight is 308 g/mol. The number of hydrogen-bond donors (Lipinski definition) is 3. The third-order valence-electron chi connectivity index (χ3n) is 3.96. The minimum absolute atomic E-state index is 0.213. The van der Waals surface area contributed by atoms with Crippen LogP contribution in [0.4, 0.5) is 11.4 Å². The quantitative estimate of drug-likeness (QED) is 0.379. The number of phenols is 1. The Labute approximate surface area is 132 Å². The molecule has 124 valence electrons. The first kappa shape index (κ1) is 16.9. The standard InChI is InChI=1S/C16H28N4O2/c1-19-7-9-20(10-8-19)6-2-11-22-12-5-18-16-13-14(21)3-4-15(16)17/h3-4,13,18,21H,2,5-12,17H2,1H3. The number of nitrogens with one attached hydrogen (secondary N) is 1. The molecule has 1 aromatic carbocycles. The van der Waals surface area contributed by atoms with E-state index in [-0.39, 0.29) is 5.75 Å². The van der Waals surface area contributed by atoms with Gasteiger partial charge in [0.2, 0.25) is 0 Å². The Bertz CT molecular complexity index is 448. The number of likely N-dealkylation sites (N-methyl/N-ethyl adjacent to an activating group) is 1. The smallest absolute Gasteiger partial charge is 0.117 e. The van der Waals surface area contributed by atoms with Crippen LogP contribution in [0.5, 0.6) is 5.75 Å². The average Bonchev–Trinajstić information content (AvgIpc) is 2.51. The lowest BCUT2D eigenvalue weighted by atomic mass is 10.2. The minimum Gasteiger partial charge on any atom is -0.508 e. The van der Waals surface area contributed by atoms with Gasteiger partial charge in [-0.1, -0.05) is 0 Å². The summed E-state index contributed by atoms with van der Waals surface area (Å²) in [5.41, 5.74) is 7.20. The van der Waals surface area contributed by atoms with E-state index in [1.54, 1.807) is 18.2 Å². The van der Waals surface area contributed by atoms with E-state index in [1.165, 1.54) is 0 Å². The number of hydrogen-bond acceptors (Lipinski definition) is 6. The van der Waals surface area contributed by atoms with Crippen molar-refractivity contribution in [2.24, 2.45) is 0 Å². The summed E-state index contributed by atoms with van der Waals surface area (Å²) < 4.78 is 5.63. The number of nitrogen functional groups attached to an aromatic ring is 1. The zero-order valence-corrected chi connectivity index (χ0v) is 13.4. The van der Waals surface area contributed by atoms with Gasteiger partial charge >= 0.3 is 0 Å². The number of anilines is 2. The first-order valence-corrected chi connectivity index (χ1v) is 7.96. The van der Waals surface area contributed by atoms with Crippen LogP contribution in [0.1, 0.15) is 6.42 Å². The number of ether oxygens (including phenoxy) is 1. The molecular formula is C16H28N4O2. The molecule has 0 unspecified atom stereocenters. The van der Waals surface area contributed by atoms with Crippen LogP contribution < -0.4 is 11.1 Å². The molecule has 1 saturated heterocycles. The van der Waals surface area contributed by atoms with E-state index >= 15 is 0 Å². The Morgan fingerprint density at radius 2 is 2.00 bits per heavy atom. The molecule has 1 aliphatic rings. The van der Waals surface area contributed by atoms with Gasteiger partial charge in [-0.05, 0) is 25.6 Å². The van der Waals surface area contributed by atoms with Crippen LogP contribution in [0.15, 0.2) is 18.2 Å². The van der Waals surface area contributed by atoms with Crippen LogP contribution in [0.3, 0.4) is 0 Å². The molecule has 0 spiro atoms. The lowest BCUT2D eigenvalue weighted by Gasteiger charge is -2.32. The van der Waals surface area contributed by atoms with Crippen molar-refractivity contribution in [1.29, 1.82) is 0 Å². The van der Waals surface area contributed by atoms with Crippen LogP contribution in [0.2, 0.25) is 0 Å². The van der Waals surface area contributed by atoms with Gasteiger partial charge in [0.05, 0.1) is 18.0 Å². The van der Waals surface area contributed by atoms with Crippen LogP contribution >= 0.6 is 0 Å². The van der Waals surface area contributed by atoms with E-state index in [0.29, 0.717) is 18.8 Å². The predicted molar refractivity (Wildman–Crippen MR) is 90.4 cm³/mol. The highest BCUT2D eigenvalue weighted by molar-refractivity contribution is 5.67. The van der Waals surface area contributed by atoms with E-state index in [0.717, 1.165) is 51.4 Å². The Balaban J connectivity index is 1.50. The van der Waals surface area contributed by atoms with Crippen LogP contribution in [0.25, 0.3) is 0 Å². The summed E-state index contributed by atoms with van der Waals surface area (Å²) in [6.45, 7) is 7.86. The molecule has 1 aromatic rings. The van der Waals surface area contributed by atoms with Crippen molar-refractivity contribution < 1.29 is 9.84 Å². The molecule has 0 atom stereocenters. The molecule has 6 nitrogen and oxygen atoms in total. The predicted octanol–water partition coefficient (Wildman–Crippen LogP) is 1.04. The Kier molecular flexibility index (Phi) is 6.76. The summed E-state index contributed by atoms with van der Waals surface area (Å²) in [7, 11) is 2.17. The van der Waals surface area contributed by atoms with Gasteiger partial charge in [-0.2, -0.15) is 0 Å². The second-order valence-electron chi connectivity index (χ2n) is 5.81. The monoisotopic (exact) mass is 308 g/mol. The van der Waals surface area contributed by atoms with Crippen molar-refractivity contribution >= 4 is 11.4 Å². The summed E-state index contributed by atoms with van der Waals surface area (Å²) in [6, 6.07) is 4.90. The lowest BCUT2D eigenvalue weighted by Crippen LogP contribution is -2.44. The minimum atomic E-state index is 0.213. The number of rotatable bonds is 8. The molecule has 22 heavy (non-hydrogen) atoms. The third-order valence-corrected chi connectivity index (χ3v) is 3.96. The summed E-state index contributed by atoms with van der Waals surface area (Å²) in [5, 5.41) is 12.6. The maximum atomic E-state index is 9.42. The zero-order valence-electron chi connectivity index (χ0n) is 13.4. The van der Waals surface area contributed by atoms with Gasteiger partial charge in [0.1, 0.15) is 5.75 Å². The molecule has 0 aromatic heterocycles. The van der Waals surface area contributed by atoms with Crippen molar-refractivity contribution in [3.8, 4) is 5.75 Å². The third kappa shape index (κ3) is 5.71. The maximum absolute atomic E-state index is 9.42. The summed E-state index contributed by atoms with van der Waals surface area (Å²) in [5.74, 6) is 0.213. The fraction of sp³-hybridized carbons (Fsp3) is 0.625. The van der Waals surface area contributed by atoms with Crippen molar-refractivity contribution in [1.82, 2.24) is 9.80 Å². The molecule has 1 heterocycles. The van der Waals surface area contributed by atoms with Crippen molar-refractivity contribution in [2.75, 3.05) is 70.6 Å². The van der Waals surface area contributed by atoms with Gasteiger partial charge in [-0.25, -0.2) is 0 Å². The Morgan fingerprint density at radius 1 is 1.23 bits per heavy atom. The largest absolute Gasteiger partial charge is 0.508 e. The van der Waals surface area contributed by atoms with Gasteiger partial charge in [0.25, 0.3) is 0 Å². The van der Waals surface area contributed by atoms with Gasteiger partial charge in [-0.3, -0.25) is 0 Å². The summed E-state index contributed by atoms with van der Waals surface area (Å²) >= 11 is 0. The molecule has 0 amide bonds. The van der Waals surface area contributed by atoms with Crippen molar-refractivity contribution in [2.45, 2.75) is 6.42 Å². The number of benzene rings is 1. The number of phenolic OH excluding ortho intramolecular Hbond substituents is 1. The van der Waals surface area contributed by atoms with Gasteiger partial charge in [0.15, 0.2) is 0 Å². The van der Waals surface area contributed by atoms with E-state index < -0.39 is 0 Å². The van der Waals surface area contributed by atoms with Crippen molar-refractivity contribution in [3.05, 3.63) is 18.2 Å². The molecule has 0 radical (unpaired) electrons. The summed E-state index contributed by atoms with van der Waals surface area (Å²) in [6.07, 6.45) is 1.07. The van der Waals surface area contributed by atoms with Crippen LogP contribution in [0, 0.1) is 0 Å². The Morgan fingerprint density at radius 3 is 2.77 bits per heavy atom. The second-order valence-corrected chi connectivity index (χ2v) is 5.81. The number of aromatic hydroxyl groups is 1. The first-order chi connectivity index (χ1) is 10.6. The fourth-order valence-electron chi connectivity index (χ4n) is 2.52. The molecule has 0 aliphatic carbocycles. The maximum Gasteiger partial charge on any atom is 0.117 e. The molecule has 0 bridgehead atoms. The molecule has 0 saturated carbocycles. The SMILES string of the molecule is CN1CCN(CCCOCCNc2cc(O)ccc2N)CC1. The van der Waals surface area contributed by atoms with Gasteiger partial charge in [0, 0.05) is 51.9 Å². The van der Waals surface area contributed by atoms with Crippen molar-refractivity contribution in [3.63, 3.8) is 0 Å². The molecule has 4 N–H and O–H groups in total. The topological polar surface area (TPSA) is 74.0 Å². The highest BCUT2D eigenvalue weighted by Gasteiger charge is 2.12. The van der Waals surface area contributed by atoms with Gasteiger partial charge < -0.3 is 30.7 Å². The zero-order chi connectivity index (χ0) is 15.8. The van der Waals surface area contributed by atoms with Crippen LogP contribution in [-0.2, 0) is 4.74 Å². The van der Waals surface area contributed by atoms with Gasteiger partial charge in [-0.15, -0.1) is 0 Å². The molecule has 2 rings (SSSR count). The van der Waals surface area contributed by atoms with E-state index in [2.05, 4.69) is 22.2 Å². The molecule has 6 heteroatoms. The number of nitrogens with zero attached hydrogens (tertiary/aromatic N) is 2. The fourth-order valence-corrected chi connectivity index (χ4v) is 2.52. The van der Waals surface area contributed by atoms with Crippen LogP contribution in [-0.4, -0.2) is 74.4 Å². The summed E-state index contributed by atoms with van der Waals surface area (Å²) in [4.78, 5) is 4.86. The molecule has 1 aliphatic heterocycles.